The molecule has 1 fully saturated rings. The number of aliphatic carboxylic acids is 1. The minimum Gasteiger partial charge on any atom is -0.481 e. The maximum atomic E-state index is 10.6. The van der Waals surface area contributed by atoms with Gasteiger partial charge in [-0.05, 0) is 24.7 Å². The molecule has 1 saturated carbocycles. The molecule has 100 valence electrons. The zero-order valence-corrected chi connectivity index (χ0v) is 11.6. The van der Waals surface area contributed by atoms with Gasteiger partial charge in [-0.25, -0.2) is 0 Å². The molecule has 18 heavy (non-hydrogen) atoms. The molecule has 6 heteroatoms. The van der Waals surface area contributed by atoms with Crippen LogP contribution in [-0.4, -0.2) is 31.6 Å². The SMILES string of the molecule is CCC1CCC(n2cnnc2SCC(=O)O)C1C. The highest BCUT2D eigenvalue weighted by Gasteiger charge is 2.33. The van der Waals surface area contributed by atoms with E-state index < -0.39 is 5.97 Å². The highest BCUT2D eigenvalue weighted by Crippen LogP contribution is 2.42. The molecule has 0 aromatic carbocycles. The fourth-order valence-corrected chi connectivity index (χ4v) is 3.57. The first-order valence-electron chi connectivity index (χ1n) is 6.37. The van der Waals surface area contributed by atoms with Crippen molar-refractivity contribution in [1.29, 1.82) is 0 Å². The van der Waals surface area contributed by atoms with E-state index in [1.165, 1.54) is 24.6 Å². The third-order valence-corrected chi connectivity index (χ3v) is 4.87. The van der Waals surface area contributed by atoms with Crippen molar-refractivity contribution in [2.24, 2.45) is 11.8 Å². The molecule has 3 unspecified atom stereocenters. The Labute approximate surface area is 111 Å². The van der Waals surface area contributed by atoms with E-state index in [0.29, 0.717) is 12.0 Å². The Morgan fingerprint density at radius 2 is 2.39 bits per heavy atom. The number of hydrogen-bond donors (Lipinski definition) is 1. The van der Waals surface area contributed by atoms with Crippen LogP contribution in [0, 0.1) is 11.8 Å². The molecule has 5 nitrogen and oxygen atoms in total. The molecule has 2 rings (SSSR count). The molecule has 0 radical (unpaired) electrons. The Hall–Kier alpha value is -1.04. The van der Waals surface area contributed by atoms with Crippen LogP contribution in [0.2, 0.25) is 0 Å². The van der Waals surface area contributed by atoms with Crippen LogP contribution < -0.4 is 0 Å². The van der Waals surface area contributed by atoms with Crippen LogP contribution in [0.15, 0.2) is 11.5 Å². The summed E-state index contributed by atoms with van der Waals surface area (Å²) in [5, 5.41) is 17.4. The zero-order valence-electron chi connectivity index (χ0n) is 10.7. The predicted molar refractivity (Wildman–Crippen MR) is 69.6 cm³/mol. The number of nitrogens with zero attached hydrogens (tertiary/aromatic N) is 3. The summed E-state index contributed by atoms with van der Waals surface area (Å²) in [6, 6.07) is 0.418. The van der Waals surface area contributed by atoms with E-state index in [2.05, 4.69) is 28.6 Å². The summed E-state index contributed by atoms with van der Waals surface area (Å²) in [6.45, 7) is 4.51. The first kappa shape index (κ1) is 13.4. The molecule has 0 saturated heterocycles. The van der Waals surface area contributed by atoms with Gasteiger partial charge < -0.3 is 9.67 Å². The predicted octanol–water partition coefficient (Wildman–Crippen LogP) is 2.45. The second-order valence-corrected chi connectivity index (χ2v) is 5.82. The molecule has 1 aromatic heterocycles. The van der Waals surface area contributed by atoms with Crippen molar-refractivity contribution < 1.29 is 9.90 Å². The lowest BCUT2D eigenvalue weighted by atomic mass is 9.93. The van der Waals surface area contributed by atoms with Gasteiger partial charge >= 0.3 is 5.97 Å². The molecule has 0 amide bonds. The molecule has 1 aliphatic rings. The highest BCUT2D eigenvalue weighted by atomic mass is 32.2. The zero-order chi connectivity index (χ0) is 13.1. The van der Waals surface area contributed by atoms with Gasteiger partial charge in [0, 0.05) is 6.04 Å². The van der Waals surface area contributed by atoms with E-state index >= 15 is 0 Å². The number of rotatable bonds is 5. The second-order valence-electron chi connectivity index (χ2n) is 4.88. The lowest BCUT2D eigenvalue weighted by molar-refractivity contribution is -0.133. The smallest absolute Gasteiger partial charge is 0.313 e. The van der Waals surface area contributed by atoms with Crippen molar-refractivity contribution in [1.82, 2.24) is 14.8 Å². The first-order chi connectivity index (χ1) is 8.63. The normalized spacial score (nSPS) is 27.6. The molecule has 0 spiro atoms. The summed E-state index contributed by atoms with van der Waals surface area (Å²) in [5.74, 6) is 0.585. The molecule has 1 heterocycles. The first-order valence-corrected chi connectivity index (χ1v) is 7.36. The molecule has 3 atom stereocenters. The Morgan fingerprint density at radius 1 is 1.61 bits per heavy atom. The Kier molecular flexibility index (Phi) is 4.27. The van der Waals surface area contributed by atoms with E-state index in [1.807, 2.05) is 0 Å². The van der Waals surface area contributed by atoms with Crippen LogP contribution in [-0.2, 0) is 4.79 Å². The minimum atomic E-state index is -0.819. The number of aromatic nitrogens is 3. The van der Waals surface area contributed by atoms with Gasteiger partial charge in [0.2, 0.25) is 0 Å². The van der Waals surface area contributed by atoms with Crippen molar-refractivity contribution in [2.75, 3.05) is 5.75 Å². The molecular formula is C12H19N3O2S. The van der Waals surface area contributed by atoms with Crippen molar-refractivity contribution >= 4 is 17.7 Å². The van der Waals surface area contributed by atoms with Crippen molar-refractivity contribution in [3.8, 4) is 0 Å². The van der Waals surface area contributed by atoms with E-state index in [4.69, 9.17) is 5.11 Å². The highest BCUT2D eigenvalue weighted by molar-refractivity contribution is 7.99. The lowest BCUT2D eigenvalue weighted by Crippen LogP contribution is -2.16. The van der Waals surface area contributed by atoms with Gasteiger partial charge in [-0.15, -0.1) is 10.2 Å². The van der Waals surface area contributed by atoms with Crippen molar-refractivity contribution in [3.63, 3.8) is 0 Å². The lowest BCUT2D eigenvalue weighted by Gasteiger charge is -2.21. The third kappa shape index (κ3) is 2.68. The number of carboxylic acids is 1. The van der Waals surface area contributed by atoms with Crippen LogP contribution >= 0.6 is 11.8 Å². The maximum Gasteiger partial charge on any atom is 0.313 e. The van der Waals surface area contributed by atoms with Gasteiger partial charge in [0.15, 0.2) is 5.16 Å². The summed E-state index contributed by atoms with van der Waals surface area (Å²) in [7, 11) is 0. The van der Waals surface area contributed by atoms with Crippen LogP contribution in [0.4, 0.5) is 0 Å². The van der Waals surface area contributed by atoms with Gasteiger partial charge in [0.05, 0.1) is 5.75 Å². The van der Waals surface area contributed by atoms with Crippen LogP contribution in [0.25, 0.3) is 0 Å². The fraction of sp³-hybridized carbons (Fsp3) is 0.750. The summed E-state index contributed by atoms with van der Waals surface area (Å²) in [5.41, 5.74) is 0. The standard InChI is InChI=1S/C12H19N3O2S/c1-3-9-4-5-10(8(9)2)15-7-13-14-12(15)18-6-11(16)17/h7-10H,3-6H2,1-2H3,(H,16,17). The Morgan fingerprint density at radius 3 is 3.00 bits per heavy atom. The largest absolute Gasteiger partial charge is 0.481 e. The average Bonchev–Trinajstić information content (AvgIpc) is 2.92. The van der Waals surface area contributed by atoms with Gasteiger partial charge in [-0.3, -0.25) is 4.79 Å². The van der Waals surface area contributed by atoms with Gasteiger partial charge in [0.25, 0.3) is 0 Å². The number of thioether (sulfide) groups is 1. The maximum absolute atomic E-state index is 10.6. The van der Waals surface area contributed by atoms with Gasteiger partial charge in [0.1, 0.15) is 6.33 Å². The van der Waals surface area contributed by atoms with E-state index in [1.54, 1.807) is 6.33 Å². The van der Waals surface area contributed by atoms with Crippen LogP contribution in [0.3, 0.4) is 0 Å². The van der Waals surface area contributed by atoms with E-state index in [-0.39, 0.29) is 5.75 Å². The van der Waals surface area contributed by atoms with Gasteiger partial charge in [-0.1, -0.05) is 32.0 Å². The van der Waals surface area contributed by atoms with Crippen LogP contribution in [0.5, 0.6) is 0 Å². The van der Waals surface area contributed by atoms with E-state index in [0.717, 1.165) is 17.5 Å². The average molecular weight is 269 g/mol. The third-order valence-electron chi connectivity index (χ3n) is 3.93. The summed E-state index contributed by atoms with van der Waals surface area (Å²) in [6.07, 6.45) is 5.32. The summed E-state index contributed by atoms with van der Waals surface area (Å²) in [4.78, 5) is 10.6. The second kappa shape index (κ2) is 5.73. The molecule has 1 aliphatic carbocycles. The minimum absolute atomic E-state index is 0.0387. The Bertz CT molecular complexity index is 421. The van der Waals surface area contributed by atoms with E-state index in [9.17, 15) is 4.79 Å². The quantitative estimate of drug-likeness (QED) is 0.832. The molecule has 0 aliphatic heterocycles. The topological polar surface area (TPSA) is 68.0 Å². The fourth-order valence-electron chi connectivity index (χ4n) is 2.88. The monoisotopic (exact) mass is 269 g/mol. The number of carbonyl (C=O) groups is 1. The molecule has 0 bridgehead atoms. The summed E-state index contributed by atoms with van der Waals surface area (Å²) >= 11 is 1.25. The van der Waals surface area contributed by atoms with Crippen molar-refractivity contribution in [2.45, 2.75) is 44.3 Å². The molecule has 1 aromatic rings. The Balaban J connectivity index is 2.09. The van der Waals surface area contributed by atoms with Crippen LogP contribution in [0.1, 0.15) is 39.2 Å². The van der Waals surface area contributed by atoms with Crippen molar-refractivity contribution in [3.05, 3.63) is 6.33 Å². The number of carboxylic acid groups (broad SMARTS) is 1. The molecular weight excluding hydrogens is 250 g/mol. The molecule has 1 N–H and O–H groups in total. The van der Waals surface area contributed by atoms with Gasteiger partial charge in [-0.2, -0.15) is 0 Å². The summed E-state index contributed by atoms with van der Waals surface area (Å²) < 4.78 is 2.06. The number of hydrogen-bond acceptors (Lipinski definition) is 4.